The molecule has 3 aliphatic rings. The van der Waals surface area contributed by atoms with Crippen molar-refractivity contribution in [2.75, 3.05) is 0 Å². The van der Waals surface area contributed by atoms with Crippen molar-refractivity contribution < 1.29 is 19.4 Å². The van der Waals surface area contributed by atoms with Crippen molar-refractivity contribution in [3.05, 3.63) is 11.6 Å². The maximum Gasteiger partial charge on any atom is 0.310 e. The van der Waals surface area contributed by atoms with E-state index in [4.69, 9.17) is 9.84 Å². The molecule has 3 rings (SSSR count). The van der Waals surface area contributed by atoms with Crippen LogP contribution >= 0.6 is 0 Å². The molecule has 0 aromatic carbocycles. The third-order valence-electron chi connectivity index (χ3n) is 6.28. The number of ether oxygens (including phenoxy) is 1. The van der Waals surface area contributed by atoms with E-state index in [-0.39, 0.29) is 46.1 Å². The van der Waals surface area contributed by atoms with Crippen LogP contribution in [0.25, 0.3) is 0 Å². The molecule has 0 aromatic heterocycles. The van der Waals surface area contributed by atoms with Gasteiger partial charge in [-0.1, -0.05) is 60.1 Å². The molecule has 25 heavy (non-hydrogen) atoms. The van der Waals surface area contributed by atoms with E-state index in [0.717, 1.165) is 0 Å². The molecule has 3 fully saturated rings. The second kappa shape index (κ2) is 5.85. The van der Waals surface area contributed by atoms with Crippen LogP contribution in [0.4, 0.5) is 0 Å². The zero-order valence-corrected chi connectivity index (χ0v) is 17.1. The maximum atomic E-state index is 11.5. The van der Waals surface area contributed by atoms with Gasteiger partial charge in [-0.2, -0.15) is 0 Å². The zero-order chi connectivity index (χ0) is 19.5. The summed E-state index contributed by atoms with van der Waals surface area (Å²) in [5, 5.41) is 8.84. The first-order valence-corrected chi connectivity index (χ1v) is 9.21. The minimum atomic E-state index is -0.664. The topological polar surface area (TPSA) is 63.6 Å². The fraction of sp³-hybridized carbons (Fsp3) is 0.810. The fourth-order valence-electron chi connectivity index (χ4n) is 4.50. The van der Waals surface area contributed by atoms with Gasteiger partial charge in [-0.15, -0.1) is 0 Å². The lowest BCUT2D eigenvalue weighted by molar-refractivity contribution is -0.152. The van der Waals surface area contributed by atoms with Crippen molar-refractivity contribution in [1.82, 2.24) is 0 Å². The normalized spacial score (nSPS) is 36.4. The molecule has 0 bridgehead atoms. The molecule has 1 saturated heterocycles. The van der Waals surface area contributed by atoms with E-state index in [1.165, 1.54) is 5.57 Å². The van der Waals surface area contributed by atoms with Gasteiger partial charge in [0, 0.05) is 5.92 Å². The summed E-state index contributed by atoms with van der Waals surface area (Å²) in [6.45, 7) is 18.8. The largest absolute Gasteiger partial charge is 0.481 e. The molecule has 4 heteroatoms. The minimum absolute atomic E-state index is 0.0231. The Labute approximate surface area is 152 Å². The van der Waals surface area contributed by atoms with Gasteiger partial charge in [0.05, 0.1) is 11.8 Å². The molecule has 2 saturated carbocycles. The Morgan fingerprint density at radius 3 is 1.88 bits per heavy atom. The number of carbonyl (C=O) groups is 2. The molecular weight excluding hydrogens is 316 g/mol. The van der Waals surface area contributed by atoms with E-state index < -0.39 is 5.97 Å². The van der Waals surface area contributed by atoms with E-state index in [1.807, 2.05) is 27.7 Å². The molecule has 4 nitrogen and oxygen atoms in total. The highest BCUT2D eigenvalue weighted by Gasteiger charge is 2.72. The Morgan fingerprint density at radius 1 is 1.12 bits per heavy atom. The van der Waals surface area contributed by atoms with Crippen LogP contribution in [0.5, 0.6) is 0 Å². The lowest BCUT2D eigenvalue weighted by atomic mass is 9.84. The Bertz CT molecular complexity index is 602. The van der Waals surface area contributed by atoms with Crippen LogP contribution in [0, 0.1) is 39.9 Å². The molecule has 2 aliphatic carbocycles. The molecule has 0 radical (unpaired) electrons. The summed E-state index contributed by atoms with van der Waals surface area (Å²) in [6.07, 6.45) is 2.19. The first-order valence-electron chi connectivity index (χ1n) is 9.21. The number of allylic oxidation sites excluding steroid dienone is 2. The summed E-state index contributed by atoms with van der Waals surface area (Å²) >= 11 is 0. The van der Waals surface area contributed by atoms with Crippen LogP contribution in [0.15, 0.2) is 11.6 Å². The fourth-order valence-corrected chi connectivity index (χ4v) is 4.50. The summed E-state index contributed by atoms with van der Waals surface area (Å²) in [6, 6.07) is 0. The van der Waals surface area contributed by atoms with Crippen LogP contribution in [0.1, 0.15) is 62.3 Å². The molecule has 0 spiro atoms. The number of hydrogen-bond donors (Lipinski definition) is 1. The quantitative estimate of drug-likeness (QED) is 0.586. The first kappa shape index (κ1) is 20.0. The Morgan fingerprint density at radius 2 is 1.64 bits per heavy atom. The number of aliphatic carboxylic acids is 1. The van der Waals surface area contributed by atoms with Crippen LogP contribution in [-0.4, -0.2) is 23.1 Å². The van der Waals surface area contributed by atoms with Crippen LogP contribution in [-0.2, 0) is 14.3 Å². The van der Waals surface area contributed by atoms with Gasteiger partial charge in [-0.25, -0.2) is 0 Å². The third-order valence-corrected chi connectivity index (χ3v) is 6.28. The Balaban J connectivity index is 0.000000181. The van der Waals surface area contributed by atoms with Gasteiger partial charge in [0.1, 0.15) is 6.10 Å². The summed E-state index contributed by atoms with van der Waals surface area (Å²) in [5.74, 6) is 0.0570. The van der Waals surface area contributed by atoms with Crippen LogP contribution in [0.3, 0.4) is 0 Å². The van der Waals surface area contributed by atoms with Crippen molar-refractivity contribution in [3.8, 4) is 0 Å². The van der Waals surface area contributed by atoms with E-state index in [9.17, 15) is 9.59 Å². The van der Waals surface area contributed by atoms with Gasteiger partial charge in [0.25, 0.3) is 0 Å². The third kappa shape index (κ3) is 3.50. The van der Waals surface area contributed by atoms with Crippen molar-refractivity contribution >= 4 is 11.9 Å². The van der Waals surface area contributed by atoms with Gasteiger partial charge in [-0.3, -0.25) is 9.59 Å². The maximum absolute atomic E-state index is 11.5. The highest BCUT2D eigenvalue weighted by Crippen LogP contribution is 2.67. The monoisotopic (exact) mass is 350 g/mol. The average molecular weight is 350 g/mol. The van der Waals surface area contributed by atoms with E-state index in [1.54, 1.807) is 0 Å². The van der Waals surface area contributed by atoms with Crippen molar-refractivity contribution in [1.29, 1.82) is 0 Å². The summed E-state index contributed by atoms with van der Waals surface area (Å²) in [5.41, 5.74) is 1.44. The zero-order valence-electron chi connectivity index (χ0n) is 17.1. The summed E-state index contributed by atoms with van der Waals surface area (Å²) < 4.78 is 5.38. The lowest BCUT2D eigenvalue weighted by Crippen LogP contribution is -2.32. The molecule has 1 aliphatic heterocycles. The predicted octanol–water partition coefficient (Wildman–Crippen LogP) is 4.54. The van der Waals surface area contributed by atoms with Crippen LogP contribution in [0.2, 0.25) is 0 Å². The Hall–Kier alpha value is -1.32. The van der Waals surface area contributed by atoms with Crippen LogP contribution < -0.4 is 0 Å². The second-order valence-corrected chi connectivity index (χ2v) is 10.5. The highest BCUT2D eigenvalue weighted by molar-refractivity contribution is 5.81. The smallest absolute Gasteiger partial charge is 0.310 e. The Kier molecular flexibility index (Phi) is 4.68. The molecule has 1 heterocycles. The molecule has 0 aromatic rings. The van der Waals surface area contributed by atoms with Gasteiger partial charge >= 0.3 is 11.9 Å². The van der Waals surface area contributed by atoms with Gasteiger partial charge in [0.15, 0.2) is 0 Å². The second-order valence-electron chi connectivity index (χ2n) is 10.5. The number of fused-ring (bicyclic) bond motifs is 1. The summed E-state index contributed by atoms with van der Waals surface area (Å²) in [4.78, 5) is 22.2. The standard InChI is InChI=1S/C11H18O2.C10H16O2/c1-10(2,3)8-6-7(9(12)13-8)11(6,4)5;1-6(2)5-7-8(9(11)12)10(7,3)4/h6-8H,1-5H3;5,7-8H,1-4H3,(H,11,12)/t6-,7+,8?;7-,8?/m10/s1. The average Bonchev–Trinajstić information content (AvgIpc) is 3.03. The number of cyclic esters (lactones) is 1. The summed E-state index contributed by atoms with van der Waals surface area (Å²) in [7, 11) is 0. The molecular formula is C21H34O4. The molecule has 5 atom stereocenters. The van der Waals surface area contributed by atoms with E-state index in [2.05, 4.69) is 40.7 Å². The number of esters is 1. The van der Waals surface area contributed by atoms with Crippen molar-refractivity contribution in [3.63, 3.8) is 0 Å². The van der Waals surface area contributed by atoms with Gasteiger partial charge < -0.3 is 9.84 Å². The van der Waals surface area contributed by atoms with E-state index >= 15 is 0 Å². The number of hydrogen-bond acceptors (Lipinski definition) is 3. The molecule has 0 amide bonds. The van der Waals surface area contributed by atoms with Crippen molar-refractivity contribution in [2.45, 2.75) is 68.4 Å². The number of rotatable bonds is 2. The van der Waals surface area contributed by atoms with Gasteiger partial charge in [0.2, 0.25) is 0 Å². The lowest BCUT2D eigenvalue weighted by Gasteiger charge is -2.29. The number of carboxylic acid groups (broad SMARTS) is 1. The van der Waals surface area contributed by atoms with E-state index in [0.29, 0.717) is 5.92 Å². The minimum Gasteiger partial charge on any atom is -0.481 e. The molecule has 142 valence electrons. The number of carbonyl (C=O) groups excluding carboxylic acids is 1. The highest BCUT2D eigenvalue weighted by atomic mass is 16.6. The molecule has 1 N–H and O–H groups in total. The van der Waals surface area contributed by atoms with Gasteiger partial charge in [-0.05, 0) is 36.0 Å². The predicted molar refractivity (Wildman–Crippen MR) is 97.9 cm³/mol. The van der Waals surface area contributed by atoms with Crippen molar-refractivity contribution in [2.24, 2.45) is 39.9 Å². The first-order chi connectivity index (χ1) is 11.1. The number of carboxylic acids is 1. The SMILES string of the molecule is CC(C)(C)C1OC(=O)[C@@H]2[C@H]1C2(C)C.CC(C)=C[C@H]1C(C(=O)O)C1(C)C. The molecule has 2 unspecified atom stereocenters.